The third kappa shape index (κ3) is 5.77. The number of imidazole rings is 1. The van der Waals surface area contributed by atoms with E-state index in [-0.39, 0.29) is 40.8 Å². The van der Waals surface area contributed by atoms with E-state index in [2.05, 4.69) is 15.3 Å². The number of amides is 2. The minimum absolute atomic E-state index is 0.0640. The number of aryl methyl sites for hydroxylation is 1. The Morgan fingerprint density at radius 3 is 2.64 bits per heavy atom. The van der Waals surface area contributed by atoms with Crippen LogP contribution in [0.1, 0.15) is 60.2 Å². The van der Waals surface area contributed by atoms with Gasteiger partial charge in [-0.25, -0.2) is 15.0 Å². The first-order chi connectivity index (χ1) is 21.5. The van der Waals surface area contributed by atoms with Gasteiger partial charge in [0.1, 0.15) is 40.5 Å². The Kier molecular flexibility index (Phi) is 7.85. The molecule has 3 aromatic heterocycles. The summed E-state index contributed by atoms with van der Waals surface area (Å²) in [6.45, 7) is 4.64. The predicted octanol–water partition coefficient (Wildman–Crippen LogP) is 4.91. The van der Waals surface area contributed by atoms with Gasteiger partial charge in [0.15, 0.2) is 0 Å². The maximum atomic E-state index is 13.1. The highest BCUT2D eigenvalue weighted by Gasteiger charge is 2.40. The van der Waals surface area contributed by atoms with Gasteiger partial charge in [-0.1, -0.05) is 6.92 Å². The highest BCUT2D eigenvalue weighted by molar-refractivity contribution is 6.04. The van der Waals surface area contributed by atoms with Crippen LogP contribution in [-0.2, 0) is 22.1 Å². The lowest BCUT2D eigenvalue weighted by atomic mass is 10.1. The number of nitrogens with zero attached hydrogens (tertiary/aromatic N) is 5. The first-order valence-electron chi connectivity index (χ1n) is 14.6. The Morgan fingerprint density at radius 2 is 1.96 bits per heavy atom. The van der Waals surface area contributed by atoms with Gasteiger partial charge in [-0.2, -0.15) is 13.2 Å². The fraction of sp³-hybridized carbons (Fsp3) is 0.387. The lowest BCUT2D eigenvalue weighted by Crippen LogP contribution is -2.49. The quantitative estimate of drug-likeness (QED) is 0.296. The van der Waals surface area contributed by atoms with E-state index in [0.29, 0.717) is 42.2 Å². The van der Waals surface area contributed by atoms with E-state index in [4.69, 9.17) is 20.2 Å². The van der Waals surface area contributed by atoms with Crippen LogP contribution in [0, 0.1) is 5.92 Å². The molecule has 2 aliphatic rings. The Labute approximate surface area is 256 Å². The van der Waals surface area contributed by atoms with Crippen LogP contribution in [0.25, 0.3) is 16.8 Å². The third-order valence-corrected chi connectivity index (χ3v) is 8.13. The van der Waals surface area contributed by atoms with Crippen molar-refractivity contribution in [2.24, 2.45) is 5.92 Å². The largest absolute Gasteiger partial charge is 0.496 e. The van der Waals surface area contributed by atoms with E-state index < -0.39 is 23.8 Å². The summed E-state index contributed by atoms with van der Waals surface area (Å²) in [5.41, 5.74) is 7.93. The average Bonchev–Trinajstić information content (AvgIpc) is 3.80. The minimum atomic E-state index is -4.58. The number of nitrogens with two attached hydrogens (primary N) is 1. The van der Waals surface area contributed by atoms with E-state index in [1.807, 2.05) is 23.1 Å². The number of alkyl halides is 3. The molecule has 0 spiro atoms. The number of nitrogens with one attached hydrogen (secondary N) is 1. The lowest BCUT2D eigenvalue weighted by molar-refractivity contribution is -0.146. The molecule has 1 aliphatic carbocycles. The zero-order chi connectivity index (χ0) is 32.0. The molecule has 0 radical (unpaired) electrons. The van der Waals surface area contributed by atoms with Crippen molar-refractivity contribution in [1.29, 1.82) is 0 Å². The van der Waals surface area contributed by atoms with Crippen molar-refractivity contribution in [3.63, 3.8) is 0 Å². The van der Waals surface area contributed by atoms with Gasteiger partial charge in [0.2, 0.25) is 5.91 Å². The van der Waals surface area contributed by atoms with Gasteiger partial charge in [-0.05, 0) is 56.5 Å². The molecule has 4 aromatic rings. The second-order valence-electron chi connectivity index (χ2n) is 11.2. The molecule has 2 amide bonds. The number of nitrogen functional groups attached to an aromatic ring is 1. The molecule has 1 saturated heterocycles. The van der Waals surface area contributed by atoms with Gasteiger partial charge >= 0.3 is 6.18 Å². The number of carbonyl (C=O) groups is 2. The number of hydrogen-bond donors (Lipinski definition) is 2. The smallest absolute Gasteiger partial charge is 0.416 e. The van der Waals surface area contributed by atoms with E-state index in [1.54, 1.807) is 12.3 Å². The van der Waals surface area contributed by atoms with Crippen LogP contribution >= 0.6 is 0 Å². The SMILES string of the molecule is CCc1cnc(N)c2c(-c3ccc(C(=O)Nc4cc(C(F)(F)F)ccn4)cc3OC)nc([C@H]3CN(C(=O)C4CC4)[C@@H](C)CO3)n12. The Morgan fingerprint density at radius 1 is 1.18 bits per heavy atom. The summed E-state index contributed by atoms with van der Waals surface area (Å²) in [6, 6.07) is 6.12. The number of fused-ring (bicyclic) bond motifs is 1. The molecule has 6 rings (SSSR count). The summed E-state index contributed by atoms with van der Waals surface area (Å²) >= 11 is 0. The van der Waals surface area contributed by atoms with Gasteiger partial charge in [-0.3, -0.25) is 14.0 Å². The molecule has 14 heteroatoms. The number of hydrogen-bond acceptors (Lipinski definition) is 8. The molecule has 45 heavy (non-hydrogen) atoms. The van der Waals surface area contributed by atoms with Gasteiger partial charge in [0, 0.05) is 35.1 Å². The molecule has 1 saturated carbocycles. The zero-order valence-electron chi connectivity index (χ0n) is 24.9. The lowest BCUT2D eigenvalue weighted by Gasteiger charge is -2.37. The first-order valence-corrected chi connectivity index (χ1v) is 14.6. The number of ether oxygens (including phenoxy) is 2. The van der Waals surface area contributed by atoms with Gasteiger partial charge in [-0.15, -0.1) is 0 Å². The monoisotopic (exact) mass is 623 g/mol. The molecular weight excluding hydrogens is 591 g/mol. The fourth-order valence-corrected chi connectivity index (χ4v) is 5.56. The molecule has 4 heterocycles. The molecule has 236 valence electrons. The first kappa shape index (κ1) is 30.3. The molecule has 1 aliphatic heterocycles. The van der Waals surface area contributed by atoms with Crippen molar-refractivity contribution >= 4 is 29.0 Å². The van der Waals surface area contributed by atoms with Gasteiger partial charge in [0.05, 0.1) is 31.9 Å². The number of carbonyl (C=O) groups excluding carboxylic acids is 2. The molecule has 2 fully saturated rings. The molecule has 0 unspecified atom stereocenters. The maximum Gasteiger partial charge on any atom is 0.416 e. The van der Waals surface area contributed by atoms with Crippen LogP contribution < -0.4 is 15.8 Å². The summed E-state index contributed by atoms with van der Waals surface area (Å²) in [5.74, 6) is 0.322. The van der Waals surface area contributed by atoms with E-state index >= 15 is 0 Å². The molecule has 1 aromatic carbocycles. The van der Waals surface area contributed by atoms with Crippen molar-refractivity contribution in [2.45, 2.75) is 51.4 Å². The zero-order valence-corrected chi connectivity index (χ0v) is 24.9. The molecule has 0 bridgehead atoms. The van der Waals surface area contributed by atoms with Crippen molar-refractivity contribution in [2.75, 3.05) is 31.3 Å². The van der Waals surface area contributed by atoms with Crippen LogP contribution in [0.2, 0.25) is 0 Å². The Balaban J connectivity index is 1.38. The number of rotatable bonds is 7. The van der Waals surface area contributed by atoms with Crippen LogP contribution in [0.15, 0.2) is 42.7 Å². The maximum absolute atomic E-state index is 13.1. The number of anilines is 2. The van der Waals surface area contributed by atoms with E-state index in [9.17, 15) is 22.8 Å². The average molecular weight is 624 g/mol. The molecule has 3 N–H and O–H groups in total. The van der Waals surface area contributed by atoms with Gasteiger partial charge in [0.25, 0.3) is 5.91 Å². The van der Waals surface area contributed by atoms with Crippen LogP contribution in [0.5, 0.6) is 5.75 Å². The van der Waals surface area contributed by atoms with E-state index in [1.165, 1.54) is 19.2 Å². The number of morpholine rings is 1. The minimum Gasteiger partial charge on any atom is -0.496 e. The highest BCUT2D eigenvalue weighted by Crippen LogP contribution is 2.40. The summed E-state index contributed by atoms with van der Waals surface area (Å²) in [4.78, 5) is 41.2. The van der Waals surface area contributed by atoms with E-state index in [0.717, 1.165) is 36.9 Å². The van der Waals surface area contributed by atoms with Crippen molar-refractivity contribution in [3.05, 3.63) is 65.4 Å². The van der Waals surface area contributed by atoms with Crippen molar-refractivity contribution in [1.82, 2.24) is 24.3 Å². The summed E-state index contributed by atoms with van der Waals surface area (Å²) in [7, 11) is 1.43. The second kappa shape index (κ2) is 11.7. The molecule has 2 atom stereocenters. The van der Waals surface area contributed by atoms with Crippen molar-refractivity contribution < 1.29 is 32.2 Å². The van der Waals surface area contributed by atoms with Crippen LogP contribution in [0.4, 0.5) is 24.8 Å². The standard InChI is InChI=1S/C31H32F3N7O4/c1-4-20-13-37-27(35)26-25(39-28(41(20)26)23-14-40(16(2)15-45-23)30(43)17-5-6-17)21-8-7-18(11-22(21)44-3)29(42)38-24-12-19(9-10-36-24)31(32,33)34/h7-13,16-17,23H,4-6,14-15H2,1-3H3,(H2,35,37)(H,36,38,42)/t16-,23+/m0/s1. The molecule has 11 nitrogen and oxygen atoms in total. The highest BCUT2D eigenvalue weighted by atomic mass is 19.4. The third-order valence-electron chi connectivity index (χ3n) is 8.13. The number of halogens is 3. The molecular formula is C31H32F3N7O4. The summed E-state index contributed by atoms with van der Waals surface area (Å²) in [6.07, 6.45) is -0.0483. The topological polar surface area (TPSA) is 137 Å². The number of benzene rings is 1. The number of methoxy groups -OCH3 is 1. The number of pyridine rings is 1. The fourth-order valence-electron chi connectivity index (χ4n) is 5.56. The van der Waals surface area contributed by atoms with Gasteiger partial charge < -0.3 is 25.4 Å². The Bertz CT molecular complexity index is 1790. The summed E-state index contributed by atoms with van der Waals surface area (Å²) < 4.78 is 53.3. The summed E-state index contributed by atoms with van der Waals surface area (Å²) in [5, 5.41) is 2.41. The van der Waals surface area contributed by atoms with Crippen LogP contribution in [-0.4, -0.2) is 62.4 Å². The Hall–Kier alpha value is -4.72. The predicted molar refractivity (Wildman–Crippen MR) is 159 cm³/mol. The van der Waals surface area contributed by atoms with Crippen molar-refractivity contribution in [3.8, 4) is 17.0 Å². The second-order valence-corrected chi connectivity index (χ2v) is 11.2. The number of aromatic nitrogens is 4. The van der Waals surface area contributed by atoms with Crippen LogP contribution in [0.3, 0.4) is 0 Å². The normalized spacial score (nSPS) is 18.7.